The first kappa shape index (κ1) is 92.0. The van der Waals surface area contributed by atoms with Crippen LogP contribution in [0.1, 0.15) is 117 Å². The Balaban J connectivity index is 0.000000125. The molecule has 24 heteroatoms. The average Bonchev–Trinajstić information content (AvgIpc) is 0.783. The van der Waals surface area contributed by atoms with E-state index in [1.54, 1.807) is 12.1 Å². The molecule has 12 aromatic carbocycles. The molecule has 4 heterocycles. The van der Waals surface area contributed by atoms with Crippen LogP contribution in [0.3, 0.4) is 0 Å². The van der Waals surface area contributed by atoms with Crippen molar-refractivity contribution in [3.05, 3.63) is 448 Å². The summed E-state index contributed by atoms with van der Waals surface area (Å²) in [7, 11) is 0. The lowest BCUT2D eigenvalue weighted by Gasteiger charge is -2.21. The molecule has 0 radical (unpaired) electrons. The SMILES string of the molecule is O=C(Cc1c(F)c(F)c(F)c(F)c1F)Nc1nc2c(nc1CCc1ccccc1)-c1ccccc1CC2.O=C(Cc1ccc(F)c(F)c1)Nc1nc2c(nc1CCc1ccccc1)-c1ccccc1CC2.O=C(Cc1ccc(I)cc1)Nc1nc2c(nc1CCc1ccccc1)-c1ccccc1CC2.O=C(Nc1nc2c(nc1CCc1ccccc1)-c1ccccc1CC2)c1ccccc1. The minimum atomic E-state index is -2.27. The molecule has 0 fully saturated rings. The molecule has 4 N–H and O–H groups in total. The van der Waals surface area contributed by atoms with Crippen molar-refractivity contribution in [2.24, 2.45) is 0 Å². The summed E-state index contributed by atoms with van der Waals surface area (Å²) in [5, 5.41) is 11.5. The van der Waals surface area contributed by atoms with Gasteiger partial charge in [-0.3, -0.25) is 19.2 Å². The van der Waals surface area contributed by atoms with Crippen LogP contribution >= 0.6 is 22.6 Å². The largest absolute Gasteiger partial charge is 0.309 e. The topological polar surface area (TPSA) is 220 Å². The number of benzene rings is 12. The van der Waals surface area contributed by atoms with Gasteiger partial charge in [0.2, 0.25) is 23.5 Å². The molecule has 16 aromatic rings. The molecule has 16 nitrogen and oxygen atoms in total. The van der Waals surface area contributed by atoms with Gasteiger partial charge >= 0.3 is 0 Å². The third kappa shape index (κ3) is 22.7. The second kappa shape index (κ2) is 43.2. The highest BCUT2D eigenvalue weighted by atomic mass is 127. The second-order valence-corrected chi connectivity index (χ2v) is 34.5. The number of carbonyl (C=O) groups excluding carboxylic acids is 4. The van der Waals surface area contributed by atoms with Crippen molar-refractivity contribution < 1.29 is 49.9 Å². The monoisotopic (exact) mass is 1910 g/mol. The van der Waals surface area contributed by atoms with E-state index in [2.05, 4.69) is 140 Å². The molecule has 4 aromatic heterocycles. The van der Waals surface area contributed by atoms with Crippen molar-refractivity contribution in [1.29, 1.82) is 0 Å². The van der Waals surface area contributed by atoms with E-state index in [1.807, 2.05) is 170 Å². The van der Waals surface area contributed by atoms with E-state index in [9.17, 15) is 49.9 Å². The molecule has 674 valence electrons. The van der Waals surface area contributed by atoms with Gasteiger partial charge in [0.15, 0.2) is 58.2 Å². The number of fused-ring (bicyclic) bond motifs is 12. The summed E-state index contributed by atoms with van der Waals surface area (Å²) in [6, 6.07) is 93.9. The third-order valence-electron chi connectivity index (χ3n) is 24.1. The number of aromatic nitrogens is 8. The van der Waals surface area contributed by atoms with Gasteiger partial charge in [0.1, 0.15) is 0 Å². The lowest BCUT2D eigenvalue weighted by atomic mass is 9.91. The number of carbonyl (C=O) groups is 4. The zero-order valence-corrected chi connectivity index (χ0v) is 75.5. The Hall–Kier alpha value is -14.9. The Morgan fingerprint density at radius 1 is 0.259 bits per heavy atom. The average molecular weight is 1920 g/mol. The van der Waals surface area contributed by atoms with Crippen LogP contribution in [-0.4, -0.2) is 63.5 Å². The number of nitrogens with one attached hydrogen (secondary N) is 4. The quantitative estimate of drug-likeness (QED) is 0.0203. The van der Waals surface area contributed by atoms with Crippen LogP contribution in [0, 0.1) is 44.3 Å². The maximum atomic E-state index is 14.1. The number of aryl methyl sites for hydroxylation is 16. The molecular formula is C111H90F7IN12O4. The summed E-state index contributed by atoms with van der Waals surface area (Å²) in [5.74, 6) is -12.3. The van der Waals surface area contributed by atoms with Gasteiger partial charge in [0, 0.05) is 37.0 Å². The fourth-order valence-corrected chi connectivity index (χ4v) is 17.4. The van der Waals surface area contributed by atoms with E-state index in [1.165, 1.54) is 39.4 Å². The van der Waals surface area contributed by atoms with E-state index in [0.29, 0.717) is 96.3 Å². The Labute approximate surface area is 790 Å². The molecule has 0 atom stereocenters. The zero-order valence-electron chi connectivity index (χ0n) is 73.4. The van der Waals surface area contributed by atoms with Gasteiger partial charge in [0.05, 0.1) is 87.6 Å². The van der Waals surface area contributed by atoms with E-state index < -0.39 is 58.6 Å². The predicted octanol–water partition coefficient (Wildman–Crippen LogP) is 22.5. The summed E-state index contributed by atoms with van der Waals surface area (Å²) in [4.78, 5) is 90.3. The van der Waals surface area contributed by atoms with Gasteiger partial charge in [-0.15, -0.1) is 0 Å². The van der Waals surface area contributed by atoms with E-state index in [0.717, 1.165) is 164 Å². The van der Waals surface area contributed by atoms with Crippen molar-refractivity contribution in [2.45, 2.75) is 122 Å². The molecule has 0 aliphatic heterocycles. The highest BCUT2D eigenvalue weighted by molar-refractivity contribution is 14.1. The summed E-state index contributed by atoms with van der Waals surface area (Å²) in [5.41, 5.74) is 24.5. The fourth-order valence-electron chi connectivity index (χ4n) is 17.1. The van der Waals surface area contributed by atoms with Gasteiger partial charge in [-0.1, -0.05) is 255 Å². The van der Waals surface area contributed by atoms with Crippen molar-refractivity contribution in [2.75, 3.05) is 21.3 Å². The molecule has 0 saturated heterocycles. The van der Waals surface area contributed by atoms with Crippen molar-refractivity contribution in [1.82, 2.24) is 39.9 Å². The Bertz CT molecular complexity index is 7020. The molecule has 135 heavy (non-hydrogen) atoms. The van der Waals surface area contributed by atoms with E-state index in [-0.39, 0.29) is 30.0 Å². The maximum Gasteiger partial charge on any atom is 0.256 e. The van der Waals surface area contributed by atoms with Crippen LogP contribution in [-0.2, 0) is 136 Å². The highest BCUT2D eigenvalue weighted by Crippen LogP contribution is 2.39. The van der Waals surface area contributed by atoms with Gasteiger partial charge in [-0.2, -0.15) is 0 Å². The first-order chi connectivity index (χ1) is 65.8. The molecule has 4 aliphatic rings. The summed E-state index contributed by atoms with van der Waals surface area (Å²) in [6.45, 7) is 0. The first-order valence-corrected chi connectivity index (χ1v) is 45.9. The normalized spacial score (nSPS) is 12.1. The summed E-state index contributed by atoms with van der Waals surface area (Å²) >= 11 is 2.27. The Kier molecular flexibility index (Phi) is 29.4. The molecular weight excluding hydrogens is 1830 g/mol. The molecule has 0 bridgehead atoms. The smallest absolute Gasteiger partial charge is 0.256 e. The number of hydrogen-bond donors (Lipinski definition) is 4. The fraction of sp³-hybridized carbons (Fsp3) is 0.171. The van der Waals surface area contributed by atoms with Gasteiger partial charge < -0.3 is 21.3 Å². The molecule has 4 aliphatic carbocycles. The molecule has 4 amide bonds. The minimum absolute atomic E-state index is 0.0670. The number of hydrogen-bond acceptors (Lipinski definition) is 12. The number of nitrogens with zero attached hydrogens (tertiary/aromatic N) is 8. The van der Waals surface area contributed by atoms with Gasteiger partial charge in [0.25, 0.3) is 5.91 Å². The molecule has 0 spiro atoms. The van der Waals surface area contributed by atoms with Gasteiger partial charge in [-0.05, 0) is 217 Å². The number of amides is 4. The highest BCUT2D eigenvalue weighted by Gasteiger charge is 2.31. The molecule has 0 unspecified atom stereocenters. The molecule has 20 rings (SSSR count). The Morgan fingerprint density at radius 2 is 0.541 bits per heavy atom. The minimum Gasteiger partial charge on any atom is -0.309 e. The maximum absolute atomic E-state index is 14.1. The number of rotatable bonds is 23. The van der Waals surface area contributed by atoms with Gasteiger partial charge in [-0.25, -0.2) is 70.6 Å². The lowest BCUT2D eigenvalue weighted by molar-refractivity contribution is -0.116. The summed E-state index contributed by atoms with van der Waals surface area (Å²) in [6.07, 6.45) is 11.0. The zero-order chi connectivity index (χ0) is 93.3. The predicted molar refractivity (Wildman–Crippen MR) is 518 cm³/mol. The van der Waals surface area contributed by atoms with Crippen LogP contribution in [0.4, 0.5) is 54.0 Å². The molecule has 0 saturated carbocycles. The Morgan fingerprint density at radius 3 is 0.874 bits per heavy atom. The van der Waals surface area contributed by atoms with Crippen LogP contribution in [0.2, 0.25) is 0 Å². The third-order valence-corrected chi connectivity index (χ3v) is 24.8. The van der Waals surface area contributed by atoms with Crippen LogP contribution in [0.15, 0.2) is 291 Å². The number of halogens is 8. The van der Waals surface area contributed by atoms with Crippen LogP contribution in [0.5, 0.6) is 0 Å². The number of anilines is 4. The standard InChI is InChI=1S/C28H20F5N3O.C28H23F2N3O.C28H24IN3O.C27H23N3O/c29-22-18(23(30)25(32)26(33)24(22)31)14-21(37)36-28-20(12-10-15-6-2-1-3-7-15)34-27-17-9-5-4-8-16(17)11-13-19(27)35-28;29-22-13-10-19(16-23(22)30)17-26(34)33-28-25(14-11-18-6-2-1-3-7-18)31-27-21-9-5-4-8-20(21)12-15-24(27)32-28;29-22-14-10-20(11-15-22)18-26(33)32-28-25(16-12-19-6-2-1-3-7-19)30-27-23-9-5-4-8-21(23)13-17-24(27)31-28;31-27(21-12-5-2-6-13-21)30-26-24(17-15-19-9-3-1-4-10-19)28-25-22-14-8-7-11-20(22)16-18-23(25)29-26/h1-9H,10-14H2,(H,35,36,37);1-10,13,16H,11-12,14-15,17H2,(H,32,33,34);1-11,14-15H,12-13,16-18H2,(H,31,32,33);1-14H,15-18H2,(H,29,30,31). The lowest BCUT2D eigenvalue weighted by Crippen LogP contribution is -2.22. The van der Waals surface area contributed by atoms with Crippen molar-refractivity contribution >= 4 is 69.5 Å². The van der Waals surface area contributed by atoms with Crippen molar-refractivity contribution in [3.63, 3.8) is 0 Å². The van der Waals surface area contributed by atoms with E-state index >= 15 is 0 Å². The van der Waals surface area contributed by atoms with E-state index in [4.69, 9.17) is 34.9 Å². The summed E-state index contributed by atoms with van der Waals surface area (Å²) < 4.78 is 96.8. The van der Waals surface area contributed by atoms with Crippen molar-refractivity contribution in [3.8, 4) is 45.0 Å². The van der Waals surface area contributed by atoms with Crippen LogP contribution < -0.4 is 21.3 Å². The second-order valence-electron chi connectivity index (χ2n) is 33.2. The van der Waals surface area contributed by atoms with Crippen LogP contribution in [0.25, 0.3) is 45.0 Å². The first-order valence-electron chi connectivity index (χ1n) is 44.9.